The molecule has 2 aromatic rings. The van der Waals surface area contributed by atoms with Crippen LogP contribution >= 0.6 is 0 Å². The summed E-state index contributed by atoms with van der Waals surface area (Å²) in [5.41, 5.74) is 4.08. The van der Waals surface area contributed by atoms with Crippen molar-refractivity contribution in [2.45, 2.75) is 45.7 Å². The minimum absolute atomic E-state index is 0.520. The minimum Gasteiger partial charge on any atom is -0.493 e. The molecule has 22 heavy (non-hydrogen) atoms. The monoisotopic (exact) mass is 295 g/mol. The predicted molar refractivity (Wildman–Crippen MR) is 92.6 cm³/mol. The van der Waals surface area contributed by atoms with Gasteiger partial charge >= 0.3 is 0 Å². The van der Waals surface area contributed by atoms with Crippen molar-refractivity contribution < 1.29 is 4.74 Å². The maximum absolute atomic E-state index is 6.01. The van der Waals surface area contributed by atoms with E-state index in [1.807, 2.05) is 0 Å². The minimum atomic E-state index is 0.520. The summed E-state index contributed by atoms with van der Waals surface area (Å²) >= 11 is 0. The summed E-state index contributed by atoms with van der Waals surface area (Å²) in [5.74, 6) is 1.08. The van der Waals surface area contributed by atoms with Gasteiger partial charge in [0.15, 0.2) is 0 Å². The molecule has 1 aliphatic rings. The zero-order chi connectivity index (χ0) is 15.4. The first-order valence-corrected chi connectivity index (χ1v) is 8.35. The van der Waals surface area contributed by atoms with E-state index in [4.69, 9.17) is 4.74 Å². The van der Waals surface area contributed by atoms with Gasteiger partial charge in [0.1, 0.15) is 5.75 Å². The molecule has 116 valence electrons. The zero-order valence-electron chi connectivity index (χ0n) is 13.6. The van der Waals surface area contributed by atoms with E-state index in [0.29, 0.717) is 6.04 Å². The molecule has 2 aromatic carbocycles. The van der Waals surface area contributed by atoms with Crippen LogP contribution in [-0.4, -0.2) is 12.6 Å². The van der Waals surface area contributed by atoms with Gasteiger partial charge in [0.05, 0.1) is 6.61 Å². The van der Waals surface area contributed by atoms with Gasteiger partial charge in [-0.1, -0.05) is 49.7 Å². The van der Waals surface area contributed by atoms with Crippen molar-refractivity contribution in [1.29, 1.82) is 0 Å². The van der Waals surface area contributed by atoms with Crippen molar-refractivity contribution in [2.75, 3.05) is 11.5 Å². The van der Waals surface area contributed by atoms with E-state index in [2.05, 4.69) is 67.3 Å². The van der Waals surface area contributed by atoms with Crippen molar-refractivity contribution in [3.63, 3.8) is 0 Å². The van der Waals surface area contributed by atoms with E-state index in [1.165, 1.54) is 23.2 Å². The number of unbranched alkanes of at least 4 members (excludes halogenated alkanes) is 1. The summed E-state index contributed by atoms with van der Waals surface area (Å²) in [5, 5.41) is 0. The maximum atomic E-state index is 6.01. The van der Waals surface area contributed by atoms with Gasteiger partial charge in [0.2, 0.25) is 0 Å². The summed E-state index contributed by atoms with van der Waals surface area (Å²) in [7, 11) is 0. The summed E-state index contributed by atoms with van der Waals surface area (Å²) in [4.78, 5) is 2.50. The van der Waals surface area contributed by atoms with Crippen LogP contribution in [-0.2, 0) is 13.0 Å². The number of ether oxygens (including phenoxy) is 1. The number of hydrogen-bond donors (Lipinski definition) is 0. The van der Waals surface area contributed by atoms with Crippen LogP contribution in [0.25, 0.3) is 0 Å². The van der Waals surface area contributed by atoms with E-state index in [9.17, 15) is 0 Å². The highest BCUT2D eigenvalue weighted by Crippen LogP contribution is 2.39. The molecule has 1 aliphatic heterocycles. The van der Waals surface area contributed by atoms with Crippen LogP contribution in [0.15, 0.2) is 48.5 Å². The zero-order valence-corrected chi connectivity index (χ0v) is 13.6. The van der Waals surface area contributed by atoms with Crippen LogP contribution in [0.4, 0.5) is 5.69 Å². The first-order chi connectivity index (χ1) is 10.8. The quantitative estimate of drug-likeness (QED) is 0.709. The lowest BCUT2D eigenvalue weighted by Crippen LogP contribution is -2.28. The molecule has 0 radical (unpaired) electrons. The Bertz CT molecular complexity index is 608. The summed E-state index contributed by atoms with van der Waals surface area (Å²) < 4.78 is 6.01. The molecular weight excluding hydrogens is 270 g/mol. The molecule has 0 spiro atoms. The van der Waals surface area contributed by atoms with Crippen LogP contribution < -0.4 is 9.64 Å². The highest BCUT2D eigenvalue weighted by Gasteiger charge is 2.28. The van der Waals surface area contributed by atoms with Crippen molar-refractivity contribution in [3.05, 3.63) is 59.7 Å². The normalized spacial score (nSPS) is 16.6. The third-order valence-electron chi connectivity index (χ3n) is 4.40. The standard InChI is InChI=1S/C20H25NO/c1-3-4-13-22-20-12-8-11-19-18(20)14-16(2)21(19)15-17-9-6-5-7-10-17/h5-12,16H,3-4,13-15H2,1-2H3. The second kappa shape index (κ2) is 6.87. The second-order valence-corrected chi connectivity index (χ2v) is 6.12. The Morgan fingerprint density at radius 3 is 2.68 bits per heavy atom. The third-order valence-corrected chi connectivity index (χ3v) is 4.40. The molecule has 0 N–H and O–H groups in total. The highest BCUT2D eigenvalue weighted by molar-refractivity contribution is 5.64. The van der Waals surface area contributed by atoms with Crippen LogP contribution in [0.5, 0.6) is 5.75 Å². The Morgan fingerprint density at radius 1 is 1.09 bits per heavy atom. The number of fused-ring (bicyclic) bond motifs is 1. The lowest BCUT2D eigenvalue weighted by Gasteiger charge is -2.25. The van der Waals surface area contributed by atoms with Gasteiger partial charge in [0.25, 0.3) is 0 Å². The first-order valence-electron chi connectivity index (χ1n) is 8.35. The number of nitrogens with zero attached hydrogens (tertiary/aromatic N) is 1. The molecule has 2 heteroatoms. The van der Waals surface area contributed by atoms with Crippen LogP contribution in [0.1, 0.15) is 37.8 Å². The molecule has 1 heterocycles. The van der Waals surface area contributed by atoms with Gasteiger partial charge in [-0.25, -0.2) is 0 Å². The average molecular weight is 295 g/mol. The largest absolute Gasteiger partial charge is 0.493 e. The van der Waals surface area contributed by atoms with E-state index in [-0.39, 0.29) is 0 Å². The number of anilines is 1. The highest BCUT2D eigenvalue weighted by atomic mass is 16.5. The van der Waals surface area contributed by atoms with E-state index < -0.39 is 0 Å². The number of benzene rings is 2. The van der Waals surface area contributed by atoms with E-state index in [0.717, 1.165) is 31.7 Å². The Labute approximate surface area is 133 Å². The molecule has 1 unspecified atom stereocenters. The predicted octanol–water partition coefficient (Wildman–Crippen LogP) is 4.82. The molecule has 3 rings (SSSR count). The SMILES string of the molecule is CCCCOc1cccc2c1CC(C)N2Cc1ccccc1. The molecule has 1 atom stereocenters. The van der Waals surface area contributed by atoms with Crippen molar-refractivity contribution in [1.82, 2.24) is 0 Å². The average Bonchev–Trinajstić information content (AvgIpc) is 2.86. The Morgan fingerprint density at radius 2 is 1.91 bits per heavy atom. The van der Waals surface area contributed by atoms with E-state index in [1.54, 1.807) is 0 Å². The molecular formula is C20H25NO. The second-order valence-electron chi connectivity index (χ2n) is 6.12. The van der Waals surface area contributed by atoms with E-state index >= 15 is 0 Å². The maximum Gasteiger partial charge on any atom is 0.124 e. The lowest BCUT2D eigenvalue weighted by atomic mass is 10.1. The third kappa shape index (κ3) is 3.11. The lowest BCUT2D eigenvalue weighted by molar-refractivity contribution is 0.307. The Balaban J connectivity index is 1.80. The van der Waals surface area contributed by atoms with Crippen LogP contribution in [0.2, 0.25) is 0 Å². The van der Waals surface area contributed by atoms with Crippen LogP contribution in [0.3, 0.4) is 0 Å². The molecule has 0 aromatic heterocycles. The number of rotatable bonds is 6. The Kier molecular flexibility index (Phi) is 4.67. The van der Waals surface area contributed by atoms with Gasteiger partial charge < -0.3 is 9.64 Å². The van der Waals surface area contributed by atoms with Gasteiger partial charge in [0, 0.05) is 23.8 Å². The summed E-state index contributed by atoms with van der Waals surface area (Å²) in [6.07, 6.45) is 3.36. The smallest absolute Gasteiger partial charge is 0.124 e. The van der Waals surface area contributed by atoms with Crippen molar-refractivity contribution >= 4 is 5.69 Å². The van der Waals surface area contributed by atoms with Gasteiger partial charge in [-0.3, -0.25) is 0 Å². The molecule has 0 amide bonds. The molecule has 0 aliphatic carbocycles. The molecule has 2 nitrogen and oxygen atoms in total. The number of hydrogen-bond acceptors (Lipinski definition) is 2. The molecule has 0 bridgehead atoms. The fourth-order valence-electron chi connectivity index (χ4n) is 3.15. The van der Waals surface area contributed by atoms with Gasteiger partial charge in [-0.2, -0.15) is 0 Å². The summed E-state index contributed by atoms with van der Waals surface area (Å²) in [6.45, 7) is 6.29. The van der Waals surface area contributed by atoms with Crippen molar-refractivity contribution in [3.8, 4) is 5.75 Å². The summed E-state index contributed by atoms with van der Waals surface area (Å²) in [6, 6.07) is 17.7. The van der Waals surface area contributed by atoms with Crippen LogP contribution in [0, 0.1) is 0 Å². The van der Waals surface area contributed by atoms with Gasteiger partial charge in [-0.15, -0.1) is 0 Å². The molecule has 0 fully saturated rings. The Hall–Kier alpha value is -1.96. The molecule has 0 saturated heterocycles. The topological polar surface area (TPSA) is 12.5 Å². The fraction of sp³-hybridized carbons (Fsp3) is 0.400. The first kappa shape index (κ1) is 15.0. The van der Waals surface area contributed by atoms with Gasteiger partial charge in [-0.05, 0) is 37.5 Å². The molecule has 0 saturated carbocycles. The van der Waals surface area contributed by atoms with Crippen molar-refractivity contribution in [2.24, 2.45) is 0 Å². The fourth-order valence-corrected chi connectivity index (χ4v) is 3.15.